The summed E-state index contributed by atoms with van der Waals surface area (Å²) in [6.07, 6.45) is 1.37. The molecule has 0 aliphatic carbocycles. The number of hydrogen-bond acceptors (Lipinski definition) is 4. The molecule has 7 nitrogen and oxygen atoms in total. The molecule has 4 aromatic rings. The molecule has 2 aromatic heterocycles. The van der Waals surface area contributed by atoms with Crippen molar-refractivity contribution in [3.05, 3.63) is 88.2 Å². The molecule has 0 bridgehead atoms. The highest BCUT2D eigenvalue weighted by atomic mass is 19.1. The Kier molecular flexibility index (Phi) is 4.90. The third kappa shape index (κ3) is 4.06. The Bertz CT molecular complexity index is 1230. The Hall–Kier alpha value is -3.81. The number of carbonyl (C=O) groups is 1. The molecule has 146 valence electrons. The summed E-state index contributed by atoms with van der Waals surface area (Å²) in [7, 11) is 0. The Morgan fingerprint density at radius 1 is 1.10 bits per heavy atom. The van der Waals surface area contributed by atoms with E-state index in [2.05, 4.69) is 15.5 Å². The van der Waals surface area contributed by atoms with Gasteiger partial charge in [-0.15, -0.1) is 0 Å². The Morgan fingerprint density at radius 2 is 1.83 bits per heavy atom. The molecule has 0 atom stereocenters. The maximum Gasteiger partial charge on any atom is 0.293 e. The first kappa shape index (κ1) is 18.5. The lowest BCUT2D eigenvalue weighted by Gasteiger charge is -2.07. The van der Waals surface area contributed by atoms with Crippen LogP contribution >= 0.6 is 0 Å². The zero-order valence-corrected chi connectivity index (χ0v) is 15.7. The van der Waals surface area contributed by atoms with Crippen LogP contribution in [0.15, 0.2) is 65.7 Å². The molecule has 29 heavy (non-hydrogen) atoms. The van der Waals surface area contributed by atoms with Gasteiger partial charge in [0, 0.05) is 12.1 Å². The number of fused-ring (bicyclic) bond motifs is 1. The van der Waals surface area contributed by atoms with E-state index in [0.717, 1.165) is 15.8 Å². The van der Waals surface area contributed by atoms with Crippen LogP contribution in [0, 0.1) is 12.7 Å². The summed E-state index contributed by atoms with van der Waals surface area (Å²) in [5.74, 6) is -0.666. The van der Waals surface area contributed by atoms with Crippen LogP contribution in [0.4, 0.5) is 4.39 Å². The van der Waals surface area contributed by atoms with Crippen molar-refractivity contribution < 1.29 is 9.18 Å². The maximum absolute atomic E-state index is 13.1. The Labute approximate surface area is 165 Å². The predicted molar refractivity (Wildman–Crippen MR) is 106 cm³/mol. The Balaban J connectivity index is 1.51. The largest absolute Gasteiger partial charge is 0.350 e. The maximum atomic E-state index is 13.1. The van der Waals surface area contributed by atoms with E-state index < -0.39 is 5.56 Å². The minimum atomic E-state index is -0.432. The second-order valence-corrected chi connectivity index (χ2v) is 6.72. The van der Waals surface area contributed by atoms with Crippen LogP contribution in [0.5, 0.6) is 0 Å². The van der Waals surface area contributed by atoms with Gasteiger partial charge in [-0.1, -0.05) is 29.8 Å². The van der Waals surface area contributed by atoms with Gasteiger partial charge in [0.1, 0.15) is 24.2 Å². The number of halogens is 1. The van der Waals surface area contributed by atoms with Gasteiger partial charge < -0.3 is 5.32 Å². The van der Waals surface area contributed by atoms with E-state index in [1.54, 1.807) is 18.2 Å². The summed E-state index contributed by atoms with van der Waals surface area (Å²) in [6.45, 7) is 2.17. The lowest BCUT2D eigenvalue weighted by atomic mass is 10.1. The zero-order valence-electron chi connectivity index (χ0n) is 15.7. The summed E-state index contributed by atoms with van der Waals surface area (Å²) in [6, 6.07) is 15.2. The number of benzene rings is 2. The number of hydrogen-bond donors (Lipinski definition) is 1. The van der Waals surface area contributed by atoms with Crippen LogP contribution in [-0.4, -0.2) is 25.3 Å². The number of rotatable bonds is 5. The minimum absolute atomic E-state index is 0.196. The van der Waals surface area contributed by atoms with Gasteiger partial charge in [-0.3, -0.25) is 9.59 Å². The van der Waals surface area contributed by atoms with Gasteiger partial charge in [0.25, 0.3) is 5.56 Å². The number of amides is 1. The fourth-order valence-electron chi connectivity index (χ4n) is 2.91. The second-order valence-electron chi connectivity index (χ2n) is 6.72. The van der Waals surface area contributed by atoms with Crippen molar-refractivity contribution >= 4 is 11.4 Å². The van der Waals surface area contributed by atoms with E-state index in [9.17, 15) is 14.0 Å². The molecule has 0 unspecified atom stereocenters. The van der Waals surface area contributed by atoms with Crippen LogP contribution in [0.2, 0.25) is 0 Å². The quantitative estimate of drug-likeness (QED) is 0.566. The van der Waals surface area contributed by atoms with Crippen molar-refractivity contribution in [3.63, 3.8) is 0 Å². The summed E-state index contributed by atoms with van der Waals surface area (Å²) in [5, 5.41) is 11.1. The summed E-state index contributed by atoms with van der Waals surface area (Å²) >= 11 is 0. The number of carbonyl (C=O) groups excluding carboxylic acids is 1. The second kappa shape index (κ2) is 7.67. The lowest BCUT2D eigenvalue weighted by molar-refractivity contribution is -0.122. The normalized spacial score (nSPS) is 11.0. The van der Waals surface area contributed by atoms with Crippen LogP contribution in [0.25, 0.3) is 16.8 Å². The molecule has 0 aliphatic rings. The van der Waals surface area contributed by atoms with Gasteiger partial charge in [-0.25, -0.2) is 13.6 Å². The van der Waals surface area contributed by atoms with Crippen molar-refractivity contribution in [1.82, 2.24) is 24.7 Å². The highest BCUT2D eigenvalue weighted by molar-refractivity contribution is 5.75. The molecular weight excluding hydrogens is 373 g/mol. The van der Waals surface area contributed by atoms with Crippen molar-refractivity contribution in [1.29, 1.82) is 0 Å². The molecule has 0 radical (unpaired) electrons. The fourth-order valence-corrected chi connectivity index (χ4v) is 2.91. The topological polar surface area (TPSA) is 81.3 Å². The molecule has 0 spiro atoms. The highest BCUT2D eigenvalue weighted by Crippen LogP contribution is 2.18. The smallest absolute Gasteiger partial charge is 0.293 e. The average molecular weight is 391 g/mol. The zero-order chi connectivity index (χ0) is 20.4. The third-order valence-electron chi connectivity index (χ3n) is 4.53. The summed E-state index contributed by atoms with van der Waals surface area (Å²) in [4.78, 5) is 24.9. The number of aromatic nitrogens is 4. The molecule has 0 aliphatic heterocycles. The monoisotopic (exact) mass is 391 g/mol. The molecule has 0 saturated carbocycles. The van der Waals surface area contributed by atoms with Crippen molar-refractivity contribution in [2.24, 2.45) is 0 Å². The fraction of sp³-hybridized carbons (Fsp3) is 0.143. The average Bonchev–Trinajstić information content (AvgIpc) is 3.15. The first-order chi connectivity index (χ1) is 14.0. The summed E-state index contributed by atoms with van der Waals surface area (Å²) in [5.41, 5.74) is 3.16. The molecule has 1 amide bonds. The van der Waals surface area contributed by atoms with Crippen LogP contribution in [-0.2, 0) is 17.9 Å². The highest BCUT2D eigenvalue weighted by Gasteiger charge is 2.12. The van der Waals surface area contributed by atoms with Crippen molar-refractivity contribution in [2.75, 3.05) is 0 Å². The van der Waals surface area contributed by atoms with Gasteiger partial charge in [0.2, 0.25) is 5.91 Å². The Morgan fingerprint density at radius 3 is 2.55 bits per heavy atom. The van der Waals surface area contributed by atoms with E-state index in [1.807, 2.05) is 31.2 Å². The molecule has 0 fully saturated rings. The number of nitrogens with zero attached hydrogens (tertiary/aromatic N) is 4. The van der Waals surface area contributed by atoms with Crippen LogP contribution in [0.1, 0.15) is 11.1 Å². The van der Waals surface area contributed by atoms with Crippen molar-refractivity contribution in [3.8, 4) is 11.3 Å². The molecule has 0 saturated heterocycles. The molecule has 4 rings (SSSR count). The van der Waals surface area contributed by atoms with Crippen molar-refractivity contribution in [2.45, 2.75) is 20.0 Å². The predicted octanol–water partition coefficient (Wildman–Crippen LogP) is 2.32. The van der Waals surface area contributed by atoms with Crippen LogP contribution < -0.4 is 10.9 Å². The van der Waals surface area contributed by atoms with E-state index in [1.165, 1.54) is 23.0 Å². The molecule has 2 aromatic carbocycles. The minimum Gasteiger partial charge on any atom is -0.350 e. The van der Waals surface area contributed by atoms with Gasteiger partial charge in [-0.2, -0.15) is 10.2 Å². The van der Waals surface area contributed by atoms with Crippen LogP contribution in [0.3, 0.4) is 0 Å². The van der Waals surface area contributed by atoms with Gasteiger partial charge >= 0.3 is 0 Å². The molecule has 2 heterocycles. The van der Waals surface area contributed by atoms with Gasteiger partial charge in [-0.05, 0) is 42.8 Å². The molecule has 1 N–H and O–H groups in total. The summed E-state index contributed by atoms with van der Waals surface area (Å²) < 4.78 is 15.5. The van der Waals surface area contributed by atoms with E-state index in [4.69, 9.17) is 0 Å². The lowest BCUT2D eigenvalue weighted by Crippen LogP contribution is -2.34. The SMILES string of the molecule is Cc1ccc(CNC(=O)Cn2ncn3nc(-c4ccc(F)cc4)cc3c2=O)cc1. The van der Waals surface area contributed by atoms with Gasteiger partial charge in [0.05, 0.1) is 5.69 Å². The van der Waals surface area contributed by atoms with E-state index in [-0.39, 0.29) is 23.8 Å². The third-order valence-corrected chi connectivity index (χ3v) is 4.53. The standard InChI is InChI=1S/C21H18FN5O2/c1-14-2-4-15(5-3-14)11-23-20(28)12-26-21(29)19-10-18(25-27(19)13-24-26)16-6-8-17(22)9-7-16/h2-10,13H,11-12H2,1H3,(H,23,28). The van der Waals surface area contributed by atoms with Gasteiger partial charge in [0.15, 0.2) is 0 Å². The van der Waals surface area contributed by atoms with E-state index in [0.29, 0.717) is 17.8 Å². The number of nitrogens with one attached hydrogen (secondary N) is 1. The molecular formula is C21H18FN5O2. The molecule has 8 heteroatoms. The number of aryl methyl sites for hydroxylation is 1. The van der Waals surface area contributed by atoms with E-state index >= 15 is 0 Å². The first-order valence-electron chi connectivity index (χ1n) is 9.03. The first-order valence-corrected chi connectivity index (χ1v) is 9.03.